The van der Waals surface area contributed by atoms with Gasteiger partial charge in [0, 0.05) is 24.6 Å². The summed E-state index contributed by atoms with van der Waals surface area (Å²) in [5.41, 5.74) is 2.49. The number of sulfone groups is 1. The predicted octanol–water partition coefficient (Wildman–Crippen LogP) is 3.43. The molecule has 7 nitrogen and oxygen atoms in total. The summed E-state index contributed by atoms with van der Waals surface area (Å²) >= 11 is 0. The molecule has 3 rings (SSSR count). The maximum absolute atomic E-state index is 12.8. The number of hydrogen-bond donors (Lipinski definition) is 3. The summed E-state index contributed by atoms with van der Waals surface area (Å²) in [4.78, 5) is 16.2. The molecule has 1 aromatic heterocycles. The molecular formula is C22H23N3O4S. The van der Waals surface area contributed by atoms with Crippen LogP contribution in [0.1, 0.15) is 29.7 Å². The molecule has 0 unspecified atom stereocenters. The molecule has 2 aromatic carbocycles. The first-order chi connectivity index (χ1) is 14.3. The molecule has 0 bridgehead atoms. The fourth-order valence-electron chi connectivity index (χ4n) is 2.97. The van der Waals surface area contributed by atoms with Gasteiger partial charge in [0.05, 0.1) is 16.8 Å². The highest BCUT2D eigenvalue weighted by molar-refractivity contribution is 7.90. The van der Waals surface area contributed by atoms with Crippen molar-refractivity contribution in [3.63, 3.8) is 0 Å². The van der Waals surface area contributed by atoms with Gasteiger partial charge in [0.25, 0.3) is 0 Å². The van der Waals surface area contributed by atoms with Gasteiger partial charge in [-0.3, -0.25) is 4.98 Å². The van der Waals surface area contributed by atoms with Crippen molar-refractivity contribution in [2.24, 2.45) is 0 Å². The molecule has 1 heterocycles. The van der Waals surface area contributed by atoms with Crippen molar-refractivity contribution in [1.29, 1.82) is 0 Å². The van der Waals surface area contributed by atoms with E-state index in [-0.39, 0.29) is 10.6 Å². The van der Waals surface area contributed by atoms with E-state index < -0.39 is 22.0 Å². The maximum atomic E-state index is 12.8. The second-order valence-corrected chi connectivity index (χ2v) is 8.82. The molecule has 0 aliphatic heterocycles. The van der Waals surface area contributed by atoms with E-state index in [0.29, 0.717) is 23.4 Å². The number of nitrogens with zero attached hydrogens (tertiary/aromatic N) is 1. The number of benzene rings is 2. The van der Waals surface area contributed by atoms with Crippen LogP contribution >= 0.6 is 0 Å². The lowest BCUT2D eigenvalue weighted by Gasteiger charge is -2.13. The highest BCUT2D eigenvalue weighted by atomic mass is 32.2. The van der Waals surface area contributed by atoms with Crippen LogP contribution < -0.4 is 10.6 Å². The largest absolute Gasteiger partial charge is 0.389 e. The van der Waals surface area contributed by atoms with E-state index in [1.54, 1.807) is 49.6 Å². The van der Waals surface area contributed by atoms with Crippen LogP contribution in [0.3, 0.4) is 0 Å². The van der Waals surface area contributed by atoms with Crippen molar-refractivity contribution in [3.8, 4) is 0 Å². The van der Waals surface area contributed by atoms with Gasteiger partial charge in [0.15, 0.2) is 9.84 Å². The van der Waals surface area contributed by atoms with E-state index in [9.17, 15) is 18.3 Å². The molecule has 0 spiro atoms. The maximum Gasteiger partial charge on any atom is 0.319 e. The van der Waals surface area contributed by atoms with Crippen LogP contribution in [-0.4, -0.2) is 24.5 Å². The van der Waals surface area contributed by atoms with E-state index in [0.717, 1.165) is 5.56 Å². The zero-order valence-corrected chi connectivity index (χ0v) is 17.3. The minimum Gasteiger partial charge on any atom is -0.389 e. The van der Waals surface area contributed by atoms with Crippen LogP contribution in [0, 0.1) is 0 Å². The Hall–Kier alpha value is -3.23. The van der Waals surface area contributed by atoms with Crippen molar-refractivity contribution in [2.75, 3.05) is 5.32 Å². The van der Waals surface area contributed by atoms with Gasteiger partial charge in [-0.1, -0.05) is 30.3 Å². The van der Waals surface area contributed by atoms with Gasteiger partial charge in [-0.15, -0.1) is 0 Å². The summed E-state index contributed by atoms with van der Waals surface area (Å²) in [6, 6.07) is 16.1. The van der Waals surface area contributed by atoms with E-state index in [1.165, 1.54) is 24.3 Å². The summed E-state index contributed by atoms with van der Waals surface area (Å²) < 4.78 is 25.6. The average Bonchev–Trinajstić information content (AvgIpc) is 2.73. The Kier molecular flexibility index (Phi) is 6.81. The summed E-state index contributed by atoms with van der Waals surface area (Å²) in [7, 11) is -3.61. The summed E-state index contributed by atoms with van der Waals surface area (Å²) in [6.45, 7) is 1.93. The number of aliphatic hydroxyl groups excluding tert-OH is 1. The average molecular weight is 426 g/mol. The lowest BCUT2D eigenvalue weighted by Crippen LogP contribution is -2.28. The Morgan fingerprint density at radius 1 is 1.07 bits per heavy atom. The van der Waals surface area contributed by atoms with Crippen molar-refractivity contribution in [2.45, 2.75) is 30.2 Å². The molecule has 2 amide bonds. The van der Waals surface area contributed by atoms with Crippen molar-refractivity contribution in [1.82, 2.24) is 10.3 Å². The molecule has 30 heavy (non-hydrogen) atoms. The van der Waals surface area contributed by atoms with Crippen LogP contribution in [0.15, 0.2) is 78.0 Å². The number of hydrogen-bond acceptors (Lipinski definition) is 5. The third-order valence-corrected chi connectivity index (χ3v) is 6.18. The van der Waals surface area contributed by atoms with Gasteiger partial charge >= 0.3 is 6.03 Å². The topological polar surface area (TPSA) is 108 Å². The van der Waals surface area contributed by atoms with Crippen molar-refractivity contribution < 1.29 is 18.3 Å². The molecule has 8 heteroatoms. The molecule has 0 aliphatic rings. The SMILES string of the molecule is C[C@H](O)c1ccccc1CS(=O)(=O)c1ccc(NC(=O)NCc2cccnc2)cc1. The number of carbonyl (C=O) groups is 1. The molecular weight excluding hydrogens is 402 g/mol. The number of urea groups is 1. The smallest absolute Gasteiger partial charge is 0.319 e. The molecule has 3 aromatic rings. The molecule has 0 radical (unpaired) electrons. The third-order valence-electron chi connectivity index (χ3n) is 4.50. The lowest BCUT2D eigenvalue weighted by atomic mass is 10.1. The van der Waals surface area contributed by atoms with Gasteiger partial charge in [0.1, 0.15) is 0 Å². The van der Waals surface area contributed by atoms with E-state index in [1.807, 2.05) is 6.07 Å². The Morgan fingerprint density at radius 2 is 1.80 bits per heavy atom. The Balaban J connectivity index is 1.64. The normalized spacial score (nSPS) is 12.2. The van der Waals surface area contributed by atoms with Crippen LogP contribution in [0.4, 0.5) is 10.5 Å². The molecule has 1 atom stereocenters. The first-order valence-corrected chi connectivity index (χ1v) is 11.0. The summed E-state index contributed by atoms with van der Waals surface area (Å²) in [5.74, 6) is -0.216. The Morgan fingerprint density at radius 3 is 2.47 bits per heavy atom. The van der Waals surface area contributed by atoms with E-state index >= 15 is 0 Å². The second-order valence-electron chi connectivity index (χ2n) is 6.83. The fraction of sp³-hybridized carbons (Fsp3) is 0.182. The van der Waals surface area contributed by atoms with Gasteiger partial charge in [-0.05, 0) is 53.9 Å². The van der Waals surface area contributed by atoms with Crippen LogP contribution in [0.2, 0.25) is 0 Å². The molecule has 0 saturated carbocycles. The zero-order valence-electron chi connectivity index (χ0n) is 16.4. The molecule has 0 saturated heterocycles. The molecule has 0 fully saturated rings. The molecule has 0 aliphatic carbocycles. The number of nitrogens with one attached hydrogen (secondary N) is 2. The Bertz CT molecular complexity index is 1100. The minimum atomic E-state index is -3.61. The molecule has 156 valence electrons. The fourth-order valence-corrected chi connectivity index (χ4v) is 4.36. The van der Waals surface area contributed by atoms with Gasteiger partial charge < -0.3 is 15.7 Å². The monoisotopic (exact) mass is 425 g/mol. The zero-order chi connectivity index (χ0) is 21.6. The first-order valence-electron chi connectivity index (χ1n) is 9.37. The van der Waals surface area contributed by atoms with Crippen molar-refractivity contribution >= 4 is 21.6 Å². The first kappa shape index (κ1) is 21.5. The van der Waals surface area contributed by atoms with Crippen LogP contribution in [0.5, 0.6) is 0 Å². The second kappa shape index (κ2) is 9.51. The standard InChI is InChI=1S/C22H23N3O4S/c1-16(26)21-7-3-2-6-18(21)15-30(28,29)20-10-8-19(9-11-20)25-22(27)24-14-17-5-4-12-23-13-17/h2-13,16,26H,14-15H2,1H3,(H2,24,25,27)/t16-/m0/s1. The number of aliphatic hydroxyl groups is 1. The van der Waals surface area contributed by atoms with E-state index in [2.05, 4.69) is 15.6 Å². The minimum absolute atomic E-state index is 0.143. The predicted molar refractivity (Wildman–Crippen MR) is 115 cm³/mol. The number of carbonyl (C=O) groups excluding carboxylic acids is 1. The third kappa shape index (κ3) is 5.65. The van der Waals surface area contributed by atoms with E-state index in [4.69, 9.17) is 0 Å². The molecule has 3 N–H and O–H groups in total. The van der Waals surface area contributed by atoms with Crippen LogP contribution in [0.25, 0.3) is 0 Å². The van der Waals surface area contributed by atoms with Gasteiger partial charge in [-0.25, -0.2) is 13.2 Å². The van der Waals surface area contributed by atoms with Crippen LogP contribution in [-0.2, 0) is 22.1 Å². The number of rotatable bonds is 7. The highest BCUT2D eigenvalue weighted by Crippen LogP contribution is 2.24. The number of aromatic nitrogens is 1. The van der Waals surface area contributed by atoms with Gasteiger partial charge in [-0.2, -0.15) is 0 Å². The lowest BCUT2D eigenvalue weighted by molar-refractivity contribution is 0.198. The van der Waals surface area contributed by atoms with Crippen molar-refractivity contribution in [3.05, 3.63) is 89.7 Å². The number of pyridine rings is 1. The highest BCUT2D eigenvalue weighted by Gasteiger charge is 2.18. The number of anilines is 1. The summed E-state index contributed by atoms with van der Waals surface area (Å²) in [6.07, 6.45) is 2.56. The van der Waals surface area contributed by atoms with Gasteiger partial charge in [0.2, 0.25) is 0 Å². The number of amides is 2. The quantitative estimate of drug-likeness (QED) is 0.537. The Labute approximate surface area is 175 Å². The summed E-state index contributed by atoms with van der Waals surface area (Å²) in [5, 5.41) is 15.2.